The van der Waals surface area contributed by atoms with Gasteiger partial charge >= 0.3 is 0 Å². The predicted molar refractivity (Wildman–Crippen MR) is 87.0 cm³/mol. The van der Waals surface area contributed by atoms with Gasteiger partial charge in [0.25, 0.3) is 0 Å². The highest BCUT2D eigenvalue weighted by molar-refractivity contribution is 7.98. The van der Waals surface area contributed by atoms with Crippen LogP contribution in [-0.4, -0.2) is 30.1 Å². The molecule has 19 heavy (non-hydrogen) atoms. The van der Waals surface area contributed by atoms with Crippen LogP contribution in [0, 0.1) is 0 Å². The fourth-order valence-corrected chi connectivity index (χ4v) is 2.80. The Labute approximate surface area is 119 Å². The fourth-order valence-electron chi connectivity index (χ4n) is 2.22. The molecule has 0 saturated carbocycles. The Bertz CT molecular complexity index is 556. The molecule has 0 amide bonds. The molecule has 1 unspecified atom stereocenters. The molecule has 0 radical (unpaired) electrons. The lowest BCUT2D eigenvalue weighted by atomic mass is 10.1. The van der Waals surface area contributed by atoms with Gasteiger partial charge in [0.05, 0.1) is 0 Å². The molecule has 0 bridgehead atoms. The van der Waals surface area contributed by atoms with E-state index in [2.05, 4.69) is 36.2 Å². The summed E-state index contributed by atoms with van der Waals surface area (Å²) in [6.45, 7) is 2.26. The van der Waals surface area contributed by atoms with Gasteiger partial charge in [0.2, 0.25) is 0 Å². The number of anilines is 2. The molecule has 1 atom stereocenters. The standard InChI is InChI=1S/C15H21N3S/c1-11(7-9-19-3)18(2)15-5-4-14(16)13-10-17-8-6-12(13)15/h4-6,8,10-11H,7,9,16H2,1-3H3. The largest absolute Gasteiger partial charge is 0.398 e. The quantitative estimate of drug-likeness (QED) is 0.849. The Morgan fingerprint density at radius 3 is 2.84 bits per heavy atom. The molecule has 2 N–H and O–H groups in total. The molecule has 4 heteroatoms. The van der Waals surface area contributed by atoms with E-state index in [1.165, 1.54) is 23.2 Å². The molecule has 0 aliphatic heterocycles. The molecule has 3 nitrogen and oxygen atoms in total. The lowest BCUT2D eigenvalue weighted by molar-refractivity contribution is 0.671. The first-order valence-corrected chi connectivity index (χ1v) is 7.88. The molecular weight excluding hydrogens is 254 g/mol. The van der Waals surface area contributed by atoms with Gasteiger partial charge in [-0.25, -0.2) is 0 Å². The molecule has 0 fully saturated rings. The van der Waals surface area contributed by atoms with Crippen LogP contribution in [0.2, 0.25) is 0 Å². The zero-order valence-corrected chi connectivity index (χ0v) is 12.6. The maximum atomic E-state index is 6.02. The van der Waals surface area contributed by atoms with Crippen molar-refractivity contribution in [2.24, 2.45) is 0 Å². The lowest BCUT2D eigenvalue weighted by Gasteiger charge is -2.28. The van der Waals surface area contributed by atoms with E-state index < -0.39 is 0 Å². The van der Waals surface area contributed by atoms with Crippen LogP contribution in [0.15, 0.2) is 30.6 Å². The number of rotatable bonds is 5. The zero-order valence-electron chi connectivity index (χ0n) is 11.8. The number of hydrogen-bond acceptors (Lipinski definition) is 4. The molecule has 0 aliphatic rings. The zero-order chi connectivity index (χ0) is 13.8. The number of aromatic nitrogens is 1. The summed E-state index contributed by atoms with van der Waals surface area (Å²) in [5, 5.41) is 2.21. The highest BCUT2D eigenvalue weighted by Crippen LogP contribution is 2.31. The van der Waals surface area contributed by atoms with Gasteiger partial charge in [-0.1, -0.05) is 0 Å². The molecule has 0 spiro atoms. The van der Waals surface area contributed by atoms with Crippen LogP contribution >= 0.6 is 11.8 Å². The summed E-state index contributed by atoms with van der Waals surface area (Å²) in [6.07, 6.45) is 6.99. The van der Waals surface area contributed by atoms with Crippen LogP contribution in [-0.2, 0) is 0 Å². The Balaban J connectivity index is 2.37. The number of nitrogens with two attached hydrogens (primary N) is 1. The minimum absolute atomic E-state index is 0.507. The Hall–Kier alpha value is -1.42. The summed E-state index contributed by atoms with van der Waals surface area (Å²) in [7, 11) is 2.15. The van der Waals surface area contributed by atoms with Crippen LogP contribution in [0.1, 0.15) is 13.3 Å². The van der Waals surface area contributed by atoms with Gasteiger partial charge in [0.1, 0.15) is 0 Å². The van der Waals surface area contributed by atoms with Crippen molar-refractivity contribution in [3.05, 3.63) is 30.6 Å². The van der Waals surface area contributed by atoms with Crippen LogP contribution < -0.4 is 10.6 Å². The molecule has 1 aromatic carbocycles. The monoisotopic (exact) mass is 275 g/mol. The molecule has 102 valence electrons. The third-order valence-corrected chi connectivity index (χ3v) is 4.25. The maximum Gasteiger partial charge on any atom is 0.0448 e. The second-order valence-corrected chi connectivity index (χ2v) is 5.82. The van der Waals surface area contributed by atoms with E-state index in [1.807, 2.05) is 36.3 Å². The number of benzene rings is 1. The summed E-state index contributed by atoms with van der Waals surface area (Å²) in [5.74, 6) is 1.18. The Morgan fingerprint density at radius 1 is 1.32 bits per heavy atom. The molecule has 0 aliphatic carbocycles. The van der Waals surface area contributed by atoms with E-state index in [9.17, 15) is 0 Å². The molecule has 1 heterocycles. The van der Waals surface area contributed by atoms with Gasteiger partial charge in [-0.15, -0.1) is 0 Å². The van der Waals surface area contributed by atoms with E-state index >= 15 is 0 Å². The van der Waals surface area contributed by atoms with E-state index in [0.717, 1.165) is 11.1 Å². The van der Waals surface area contributed by atoms with Gasteiger partial charge in [0, 0.05) is 47.6 Å². The fraction of sp³-hybridized carbons (Fsp3) is 0.400. The van der Waals surface area contributed by atoms with Crippen molar-refractivity contribution in [2.45, 2.75) is 19.4 Å². The minimum Gasteiger partial charge on any atom is -0.398 e. The SMILES string of the molecule is CSCCC(C)N(C)c1ccc(N)c2cnccc12. The van der Waals surface area contributed by atoms with Crippen molar-refractivity contribution in [1.29, 1.82) is 0 Å². The molecule has 0 saturated heterocycles. The minimum atomic E-state index is 0.507. The first-order chi connectivity index (χ1) is 9.15. The third kappa shape index (κ3) is 2.95. The average molecular weight is 275 g/mol. The highest BCUT2D eigenvalue weighted by atomic mass is 32.2. The van der Waals surface area contributed by atoms with Crippen molar-refractivity contribution in [3.8, 4) is 0 Å². The number of thioether (sulfide) groups is 1. The van der Waals surface area contributed by atoms with Crippen molar-refractivity contribution in [1.82, 2.24) is 4.98 Å². The number of hydrogen-bond donors (Lipinski definition) is 1. The topological polar surface area (TPSA) is 42.1 Å². The van der Waals surface area contributed by atoms with Gasteiger partial charge < -0.3 is 10.6 Å². The second-order valence-electron chi connectivity index (χ2n) is 4.84. The van der Waals surface area contributed by atoms with Crippen molar-refractivity contribution in [3.63, 3.8) is 0 Å². The average Bonchev–Trinajstić information content (AvgIpc) is 2.45. The summed E-state index contributed by atoms with van der Waals surface area (Å²) >= 11 is 1.89. The molecule has 1 aromatic heterocycles. The van der Waals surface area contributed by atoms with Crippen LogP contribution in [0.25, 0.3) is 10.8 Å². The summed E-state index contributed by atoms with van der Waals surface area (Å²) < 4.78 is 0. The normalized spacial score (nSPS) is 12.6. The van der Waals surface area contributed by atoms with Crippen LogP contribution in [0.4, 0.5) is 11.4 Å². The summed E-state index contributed by atoms with van der Waals surface area (Å²) in [5.41, 5.74) is 8.03. The number of nitrogens with zero attached hydrogens (tertiary/aromatic N) is 2. The predicted octanol–water partition coefficient (Wildman–Crippen LogP) is 3.39. The molecule has 2 aromatic rings. The molecular formula is C15H21N3S. The Morgan fingerprint density at radius 2 is 2.11 bits per heavy atom. The summed E-state index contributed by atoms with van der Waals surface area (Å²) in [4.78, 5) is 6.50. The van der Waals surface area contributed by atoms with Crippen molar-refractivity contribution < 1.29 is 0 Å². The summed E-state index contributed by atoms with van der Waals surface area (Å²) in [6, 6.07) is 6.62. The number of pyridine rings is 1. The van der Waals surface area contributed by atoms with E-state index in [0.29, 0.717) is 6.04 Å². The van der Waals surface area contributed by atoms with Gasteiger partial charge in [-0.05, 0) is 43.6 Å². The molecule has 2 rings (SSSR count). The van der Waals surface area contributed by atoms with Crippen LogP contribution in [0.3, 0.4) is 0 Å². The number of fused-ring (bicyclic) bond motifs is 1. The van der Waals surface area contributed by atoms with Gasteiger partial charge in [0.15, 0.2) is 0 Å². The van der Waals surface area contributed by atoms with Crippen molar-refractivity contribution in [2.75, 3.05) is 29.7 Å². The second kappa shape index (κ2) is 6.15. The number of nitrogen functional groups attached to an aromatic ring is 1. The maximum absolute atomic E-state index is 6.02. The first kappa shape index (κ1) is 14.0. The van der Waals surface area contributed by atoms with E-state index in [1.54, 1.807) is 0 Å². The highest BCUT2D eigenvalue weighted by Gasteiger charge is 2.13. The van der Waals surface area contributed by atoms with Crippen LogP contribution in [0.5, 0.6) is 0 Å². The Kier molecular flexibility index (Phi) is 4.53. The van der Waals surface area contributed by atoms with Gasteiger partial charge in [-0.2, -0.15) is 11.8 Å². The first-order valence-electron chi connectivity index (χ1n) is 6.49. The van der Waals surface area contributed by atoms with Gasteiger partial charge in [-0.3, -0.25) is 4.98 Å². The van der Waals surface area contributed by atoms with Crippen molar-refractivity contribution >= 4 is 33.9 Å². The third-order valence-electron chi connectivity index (χ3n) is 3.61. The van der Waals surface area contributed by atoms with E-state index in [-0.39, 0.29) is 0 Å². The van der Waals surface area contributed by atoms with E-state index in [4.69, 9.17) is 5.73 Å². The lowest BCUT2D eigenvalue weighted by Crippen LogP contribution is -2.29. The smallest absolute Gasteiger partial charge is 0.0448 e.